The van der Waals surface area contributed by atoms with Crippen molar-refractivity contribution >= 4 is 11.2 Å². The van der Waals surface area contributed by atoms with E-state index in [1.54, 1.807) is 13.8 Å². The van der Waals surface area contributed by atoms with E-state index in [-0.39, 0.29) is 5.65 Å². The van der Waals surface area contributed by atoms with Crippen molar-refractivity contribution in [1.82, 2.24) is 15.0 Å². The number of aliphatic hydroxyl groups is 1. The second-order valence-corrected chi connectivity index (χ2v) is 6.70. The van der Waals surface area contributed by atoms with Gasteiger partial charge in [0.1, 0.15) is 11.5 Å². The second kappa shape index (κ2) is 6.93. The summed E-state index contributed by atoms with van der Waals surface area (Å²) in [6.45, 7) is 7.44. The number of aromatic amines is 1. The number of imidazole rings is 1. The average Bonchev–Trinajstić information content (AvgIpc) is 2.82. The maximum absolute atomic E-state index is 12.6. The highest BCUT2D eigenvalue weighted by molar-refractivity contribution is 5.70. The fourth-order valence-corrected chi connectivity index (χ4v) is 2.59. The van der Waals surface area contributed by atoms with Crippen LogP contribution >= 0.6 is 0 Å². The molecule has 0 amide bonds. The van der Waals surface area contributed by atoms with Crippen LogP contribution in [0.3, 0.4) is 0 Å². The standard InChI is InChI=1S/C17H22F3N3O/c1-11(10-16(2,3)24)6-4-5-7-14-21-12-8-9-13(17(18,19)20)22-15(12)23-14/h8-9,24H,1,4-7,10H2,2-3H3,(H,21,22,23). The molecule has 0 saturated carbocycles. The molecule has 0 radical (unpaired) electrons. The molecule has 7 heteroatoms. The largest absolute Gasteiger partial charge is 0.433 e. The average molecular weight is 341 g/mol. The van der Waals surface area contributed by atoms with Crippen LogP contribution in [0.5, 0.6) is 0 Å². The number of halogens is 3. The molecule has 0 atom stereocenters. The van der Waals surface area contributed by atoms with Crippen LogP contribution in [0.2, 0.25) is 0 Å². The molecule has 2 rings (SSSR count). The number of nitrogens with one attached hydrogen (secondary N) is 1. The molecule has 0 saturated heterocycles. The molecule has 0 aliphatic carbocycles. The summed E-state index contributed by atoms with van der Waals surface area (Å²) < 4.78 is 37.9. The highest BCUT2D eigenvalue weighted by Crippen LogP contribution is 2.28. The predicted molar refractivity (Wildman–Crippen MR) is 86.5 cm³/mol. The highest BCUT2D eigenvalue weighted by atomic mass is 19.4. The van der Waals surface area contributed by atoms with Crippen LogP contribution in [0.4, 0.5) is 13.2 Å². The van der Waals surface area contributed by atoms with Gasteiger partial charge < -0.3 is 10.1 Å². The summed E-state index contributed by atoms with van der Waals surface area (Å²) in [4.78, 5) is 10.7. The first kappa shape index (κ1) is 18.4. The Labute approximate surface area is 138 Å². The number of aromatic nitrogens is 3. The molecule has 0 bridgehead atoms. The van der Waals surface area contributed by atoms with Gasteiger partial charge in [-0.3, -0.25) is 0 Å². The third-order valence-corrected chi connectivity index (χ3v) is 3.56. The molecular weight excluding hydrogens is 319 g/mol. The highest BCUT2D eigenvalue weighted by Gasteiger charge is 2.32. The van der Waals surface area contributed by atoms with Gasteiger partial charge in [-0.15, -0.1) is 0 Å². The molecule has 2 aromatic rings. The number of pyridine rings is 1. The molecule has 0 aliphatic rings. The van der Waals surface area contributed by atoms with E-state index >= 15 is 0 Å². The minimum Gasteiger partial charge on any atom is -0.390 e. The summed E-state index contributed by atoms with van der Waals surface area (Å²) in [6.07, 6.45) is -0.756. The van der Waals surface area contributed by atoms with Crippen molar-refractivity contribution in [2.24, 2.45) is 0 Å². The number of hydrogen-bond donors (Lipinski definition) is 2. The fraction of sp³-hybridized carbons (Fsp3) is 0.529. The molecule has 0 fully saturated rings. The van der Waals surface area contributed by atoms with Gasteiger partial charge in [0, 0.05) is 6.42 Å². The summed E-state index contributed by atoms with van der Waals surface area (Å²) in [6, 6.07) is 2.30. The Balaban J connectivity index is 1.88. The molecule has 4 nitrogen and oxygen atoms in total. The molecule has 2 heterocycles. The van der Waals surface area contributed by atoms with Crippen LogP contribution in [-0.2, 0) is 12.6 Å². The molecule has 2 aromatic heterocycles. The lowest BCUT2D eigenvalue weighted by atomic mass is 9.96. The number of alkyl halides is 3. The third-order valence-electron chi connectivity index (χ3n) is 3.56. The van der Waals surface area contributed by atoms with Crippen LogP contribution in [-0.4, -0.2) is 25.7 Å². The zero-order valence-corrected chi connectivity index (χ0v) is 13.9. The molecule has 132 valence electrons. The van der Waals surface area contributed by atoms with Gasteiger partial charge in [0.2, 0.25) is 0 Å². The van der Waals surface area contributed by atoms with Gasteiger partial charge >= 0.3 is 6.18 Å². The number of nitrogens with zero attached hydrogens (tertiary/aromatic N) is 2. The summed E-state index contributed by atoms with van der Waals surface area (Å²) in [5, 5.41) is 9.72. The van der Waals surface area contributed by atoms with Crippen molar-refractivity contribution in [3.63, 3.8) is 0 Å². The van der Waals surface area contributed by atoms with Gasteiger partial charge in [-0.25, -0.2) is 9.97 Å². The predicted octanol–water partition coefficient (Wildman–Crippen LogP) is 4.41. The van der Waals surface area contributed by atoms with Gasteiger partial charge in [0.15, 0.2) is 5.65 Å². The lowest BCUT2D eigenvalue weighted by Gasteiger charge is -2.18. The summed E-state index contributed by atoms with van der Waals surface area (Å²) >= 11 is 0. The van der Waals surface area contributed by atoms with E-state index < -0.39 is 17.5 Å². The Morgan fingerprint density at radius 2 is 1.92 bits per heavy atom. The number of fused-ring (bicyclic) bond motifs is 1. The normalized spacial score (nSPS) is 12.8. The first-order valence-corrected chi connectivity index (χ1v) is 7.86. The Kier molecular flexibility index (Phi) is 5.32. The van der Waals surface area contributed by atoms with E-state index in [0.29, 0.717) is 24.2 Å². The number of aryl methyl sites for hydroxylation is 1. The van der Waals surface area contributed by atoms with Crippen LogP contribution in [0.15, 0.2) is 24.3 Å². The van der Waals surface area contributed by atoms with Crippen molar-refractivity contribution in [3.8, 4) is 0 Å². The van der Waals surface area contributed by atoms with Crippen molar-refractivity contribution in [2.45, 2.75) is 57.7 Å². The van der Waals surface area contributed by atoms with Crippen LogP contribution in [0.1, 0.15) is 51.0 Å². The number of unbranched alkanes of at least 4 members (excludes halogenated alkanes) is 1. The fourth-order valence-electron chi connectivity index (χ4n) is 2.59. The van der Waals surface area contributed by atoms with Crippen LogP contribution in [0, 0.1) is 0 Å². The van der Waals surface area contributed by atoms with E-state index in [1.807, 2.05) is 0 Å². The third kappa shape index (κ3) is 5.33. The molecular formula is C17H22F3N3O. The maximum atomic E-state index is 12.6. The first-order valence-electron chi connectivity index (χ1n) is 7.86. The van der Waals surface area contributed by atoms with E-state index in [4.69, 9.17) is 0 Å². The van der Waals surface area contributed by atoms with Gasteiger partial charge in [-0.1, -0.05) is 12.2 Å². The van der Waals surface area contributed by atoms with E-state index in [0.717, 1.165) is 30.9 Å². The maximum Gasteiger partial charge on any atom is 0.433 e. The first-order chi connectivity index (χ1) is 11.0. The topological polar surface area (TPSA) is 61.8 Å². The molecule has 24 heavy (non-hydrogen) atoms. The quantitative estimate of drug-likeness (QED) is 0.579. The molecule has 2 N–H and O–H groups in total. The van der Waals surface area contributed by atoms with Gasteiger partial charge in [-0.2, -0.15) is 13.2 Å². The molecule has 0 spiro atoms. The summed E-state index contributed by atoms with van der Waals surface area (Å²) in [7, 11) is 0. The van der Waals surface area contributed by atoms with Gasteiger partial charge in [0.05, 0.1) is 11.1 Å². The summed E-state index contributed by atoms with van der Waals surface area (Å²) in [5.41, 5.74) is -0.104. The second-order valence-electron chi connectivity index (χ2n) is 6.70. The van der Waals surface area contributed by atoms with Crippen molar-refractivity contribution in [1.29, 1.82) is 0 Å². The smallest absolute Gasteiger partial charge is 0.390 e. The Hall–Kier alpha value is -1.89. The van der Waals surface area contributed by atoms with Crippen molar-refractivity contribution in [2.75, 3.05) is 0 Å². The lowest BCUT2D eigenvalue weighted by molar-refractivity contribution is -0.141. The van der Waals surface area contributed by atoms with E-state index in [2.05, 4.69) is 21.5 Å². The molecule has 0 unspecified atom stereocenters. The SMILES string of the molecule is C=C(CCCCc1nc2nc(C(F)(F)F)ccc2[nH]1)CC(C)(C)O. The Morgan fingerprint density at radius 3 is 2.54 bits per heavy atom. The zero-order chi connectivity index (χ0) is 18.0. The Bertz CT molecular complexity index is 714. The van der Waals surface area contributed by atoms with Crippen molar-refractivity contribution < 1.29 is 18.3 Å². The zero-order valence-electron chi connectivity index (χ0n) is 13.9. The van der Waals surface area contributed by atoms with E-state index in [1.165, 1.54) is 6.07 Å². The van der Waals surface area contributed by atoms with Crippen LogP contribution in [0.25, 0.3) is 11.2 Å². The minimum atomic E-state index is -4.46. The Morgan fingerprint density at radius 1 is 1.21 bits per heavy atom. The monoisotopic (exact) mass is 341 g/mol. The summed E-state index contributed by atoms with van der Waals surface area (Å²) in [5.74, 6) is 0.630. The van der Waals surface area contributed by atoms with Crippen molar-refractivity contribution in [3.05, 3.63) is 35.8 Å². The van der Waals surface area contributed by atoms with Gasteiger partial charge in [0.25, 0.3) is 0 Å². The molecule has 0 aromatic carbocycles. The number of hydrogen-bond acceptors (Lipinski definition) is 3. The van der Waals surface area contributed by atoms with E-state index in [9.17, 15) is 18.3 Å². The lowest BCUT2D eigenvalue weighted by Crippen LogP contribution is -2.18. The molecule has 0 aliphatic heterocycles. The minimum absolute atomic E-state index is 0.0891. The number of H-pyrrole nitrogens is 1. The van der Waals surface area contributed by atoms with Gasteiger partial charge in [-0.05, 0) is 51.7 Å². The van der Waals surface area contributed by atoms with Crippen LogP contribution < -0.4 is 0 Å². The number of rotatable bonds is 7.